The van der Waals surface area contributed by atoms with Crippen molar-refractivity contribution in [2.24, 2.45) is 0 Å². The Labute approximate surface area is 215 Å². The van der Waals surface area contributed by atoms with Crippen molar-refractivity contribution in [3.05, 3.63) is 86.7 Å². The van der Waals surface area contributed by atoms with E-state index in [0.717, 1.165) is 5.56 Å². The van der Waals surface area contributed by atoms with Crippen molar-refractivity contribution in [3.63, 3.8) is 0 Å². The first kappa shape index (κ1) is 27.3. The first-order chi connectivity index (χ1) is 17.7. The quantitative estimate of drug-likeness (QED) is 0.260. The first-order valence-corrected chi connectivity index (χ1v) is 11.7. The van der Waals surface area contributed by atoms with Crippen molar-refractivity contribution in [2.75, 3.05) is 27.4 Å². The van der Waals surface area contributed by atoms with Crippen LogP contribution >= 0.6 is 0 Å². The number of ether oxygens (including phenoxy) is 4. The third-order valence-electron chi connectivity index (χ3n) is 5.83. The van der Waals surface area contributed by atoms with Crippen molar-refractivity contribution in [1.82, 2.24) is 4.90 Å². The molecule has 0 amide bonds. The minimum absolute atomic E-state index is 0.114. The predicted molar refractivity (Wildman–Crippen MR) is 135 cm³/mol. The van der Waals surface area contributed by atoms with E-state index in [2.05, 4.69) is 0 Å². The number of carbonyl (C=O) groups excluding carboxylic acids is 2. The van der Waals surface area contributed by atoms with E-state index in [9.17, 15) is 19.7 Å². The highest BCUT2D eigenvalue weighted by molar-refractivity contribution is 5.98. The lowest BCUT2D eigenvalue weighted by molar-refractivity contribution is -0.385. The molecule has 1 aliphatic rings. The Balaban J connectivity index is 2.14. The molecule has 0 bridgehead atoms. The van der Waals surface area contributed by atoms with Crippen LogP contribution in [-0.2, 0) is 25.6 Å². The monoisotopic (exact) mass is 510 g/mol. The zero-order valence-corrected chi connectivity index (χ0v) is 21.5. The van der Waals surface area contributed by atoms with Gasteiger partial charge in [-0.2, -0.15) is 0 Å². The maximum Gasteiger partial charge on any atom is 0.336 e. The molecule has 2 aromatic carbocycles. The SMILES string of the molecule is CCOC(=O)C1=CN(Cc2ccc(OC)c(OC)c2)C=C(C(=O)OCC)C1c1ccc(C)c([N+](=O)[O-])c1. The van der Waals surface area contributed by atoms with Gasteiger partial charge in [-0.3, -0.25) is 10.1 Å². The zero-order valence-electron chi connectivity index (χ0n) is 21.5. The number of aryl methyl sites for hydroxylation is 1. The highest BCUT2D eigenvalue weighted by Crippen LogP contribution is 2.39. The minimum Gasteiger partial charge on any atom is -0.493 e. The van der Waals surface area contributed by atoms with Crippen LogP contribution in [0.3, 0.4) is 0 Å². The molecule has 3 rings (SSSR count). The number of esters is 2. The van der Waals surface area contributed by atoms with Crippen molar-refractivity contribution in [2.45, 2.75) is 33.2 Å². The second-order valence-electron chi connectivity index (χ2n) is 8.21. The smallest absolute Gasteiger partial charge is 0.336 e. The maximum atomic E-state index is 13.1. The fraction of sp³-hybridized carbons (Fsp3) is 0.333. The average molecular weight is 511 g/mol. The van der Waals surface area contributed by atoms with E-state index in [1.165, 1.54) is 13.2 Å². The van der Waals surface area contributed by atoms with Gasteiger partial charge in [0.1, 0.15) is 0 Å². The van der Waals surface area contributed by atoms with Crippen LogP contribution in [0.1, 0.15) is 36.5 Å². The maximum absolute atomic E-state index is 13.1. The molecule has 0 spiro atoms. The van der Waals surface area contributed by atoms with E-state index in [-0.39, 0.29) is 36.6 Å². The van der Waals surface area contributed by atoms with Gasteiger partial charge in [0.15, 0.2) is 11.5 Å². The topological polar surface area (TPSA) is 117 Å². The summed E-state index contributed by atoms with van der Waals surface area (Å²) < 4.78 is 21.3. The van der Waals surface area contributed by atoms with Crippen LogP contribution in [0.2, 0.25) is 0 Å². The van der Waals surface area contributed by atoms with E-state index in [4.69, 9.17) is 18.9 Å². The summed E-state index contributed by atoms with van der Waals surface area (Å²) in [4.78, 5) is 39.0. The second-order valence-corrected chi connectivity index (χ2v) is 8.21. The molecular weight excluding hydrogens is 480 g/mol. The second kappa shape index (κ2) is 12.1. The Kier molecular flexibility index (Phi) is 8.89. The standard InChI is InChI=1S/C27H30N2O8/c1-6-36-26(30)20-15-28(14-18-9-11-23(34-4)24(12-18)35-5)16-21(27(31)37-7-2)25(20)19-10-8-17(3)22(13-19)29(32)33/h8-13,15-16,25H,6-7,14H2,1-5H3. The average Bonchev–Trinajstić information content (AvgIpc) is 2.88. The lowest BCUT2D eigenvalue weighted by atomic mass is 9.82. The number of nitro benzene ring substituents is 1. The first-order valence-electron chi connectivity index (χ1n) is 11.7. The third kappa shape index (κ3) is 6.08. The van der Waals surface area contributed by atoms with Crippen LogP contribution in [0.4, 0.5) is 5.69 Å². The van der Waals surface area contributed by atoms with Crippen molar-refractivity contribution in [1.29, 1.82) is 0 Å². The van der Waals surface area contributed by atoms with E-state index >= 15 is 0 Å². The van der Waals surface area contributed by atoms with Gasteiger partial charge in [-0.15, -0.1) is 0 Å². The van der Waals surface area contributed by atoms with Gasteiger partial charge >= 0.3 is 11.9 Å². The number of rotatable bonds is 10. The Morgan fingerprint density at radius 1 is 0.919 bits per heavy atom. The number of benzene rings is 2. The van der Waals surface area contributed by atoms with Crippen molar-refractivity contribution in [3.8, 4) is 11.5 Å². The van der Waals surface area contributed by atoms with Crippen LogP contribution < -0.4 is 9.47 Å². The van der Waals surface area contributed by atoms with E-state index in [1.54, 1.807) is 69.4 Å². The molecule has 0 aromatic heterocycles. The number of carbonyl (C=O) groups is 2. The number of methoxy groups -OCH3 is 2. The number of nitrogens with zero attached hydrogens (tertiary/aromatic N) is 2. The predicted octanol–water partition coefficient (Wildman–Crippen LogP) is 4.41. The molecule has 0 radical (unpaired) electrons. The molecule has 0 aliphatic carbocycles. The highest BCUT2D eigenvalue weighted by atomic mass is 16.6. The number of nitro groups is 1. The highest BCUT2D eigenvalue weighted by Gasteiger charge is 2.36. The van der Waals surface area contributed by atoms with Gasteiger partial charge < -0.3 is 23.8 Å². The van der Waals surface area contributed by atoms with Gasteiger partial charge in [0, 0.05) is 30.6 Å². The molecule has 37 heavy (non-hydrogen) atoms. The number of hydrogen-bond acceptors (Lipinski definition) is 9. The van der Waals surface area contributed by atoms with E-state index in [1.807, 2.05) is 6.07 Å². The Morgan fingerprint density at radius 2 is 1.51 bits per heavy atom. The van der Waals surface area contributed by atoms with Crippen LogP contribution in [0.5, 0.6) is 11.5 Å². The Bertz CT molecular complexity index is 1210. The van der Waals surface area contributed by atoms with Gasteiger partial charge in [0.2, 0.25) is 0 Å². The van der Waals surface area contributed by atoms with Crippen LogP contribution in [0.25, 0.3) is 0 Å². The summed E-state index contributed by atoms with van der Waals surface area (Å²) in [6.07, 6.45) is 3.18. The van der Waals surface area contributed by atoms with Gasteiger partial charge in [-0.05, 0) is 44.0 Å². The molecule has 2 aromatic rings. The lowest BCUT2D eigenvalue weighted by Gasteiger charge is -2.30. The summed E-state index contributed by atoms with van der Waals surface area (Å²) in [6.45, 7) is 5.49. The fourth-order valence-corrected chi connectivity index (χ4v) is 4.12. The summed E-state index contributed by atoms with van der Waals surface area (Å²) in [6, 6.07) is 10.0. The molecule has 1 heterocycles. The summed E-state index contributed by atoms with van der Waals surface area (Å²) in [7, 11) is 3.08. The molecule has 196 valence electrons. The summed E-state index contributed by atoms with van der Waals surface area (Å²) in [5.74, 6) is -1.09. The summed E-state index contributed by atoms with van der Waals surface area (Å²) in [5.41, 5.74) is 1.89. The molecule has 0 fully saturated rings. The molecule has 10 nitrogen and oxygen atoms in total. The molecule has 0 atom stereocenters. The third-order valence-corrected chi connectivity index (χ3v) is 5.83. The normalized spacial score (nSPS) is 13.4. The van der Waals surface area contributed by atoms with Crippen LogP contribution in [0, 0.1) is 17.0 Å². The number of hydrogen-bond donors (Lipinski definition) is 0. The van der Waals surface area contributed by atoms with Gasteiger partial charge in [-0.25, -0.2) is 9.59 Å². The molecule has 0 N–H and O–H groups in total. The summed E-state index contributed by atoms with van der Waals surface area (Å²) >= 11 is 0. The fourth-order valence-electron chi connectivity index (χ4n) is 4.12. The zero-order chi connectivity index (χ0) is 27.1. The molecule has 1 aliphatic heterocycles. The Hall–Kier alpha value is -4.34. The van der Waals surface area contributed by atoms with Gasteiger partial charge in [-0.1, -0.05) is 18.2 Å². The van der Waals surface area contributed by atoms with Gasteiger partial charge in [0.25, 0.3) is 5.69 Å². The largest absolute Gasteiger partial charge is 0.493 e. The summed E-state index contributed by atoms with van der Waals surface area (Å²) in [5, 5.41) is 11.6. The molecule has 0 saturated heterocycles. The minimum atomic E-state index is -0.918. The molecule has 0 unspecified atom stereocenters. The Morgan fingerprint density at radius 3 is 2.03 bits per heavy atom. The van der Waals surface area contributed by atoms with E-state index < -0.39 is 22.8 Å². The lowest BCUT2D eigenvalue weighted by Crippen LogP contribution is -2.29. The molecule has 10 heteroatoms. The van der Waals surface area contributed by atoms with Gasteiger partial charge in [0.05, 0.1) is 49.4 Å². The van der Waals surface area contributed by atoms with E-state index in [0.29, 0.717) is 22.6 Å². The molecular formula is C27H30N2O8. The van der Waals surface area contributed by atoms with Crippen molar-refractivity contribution >= 4 is 17.6 Å². The van der Waals surface area contributed by atoms with Crippen LogP contribution in [0.15, 0.2) is 59.9 Å². The van der Waals surface area contributed by atoms with Crippen LogP contribution in [-0.4, -0.2) is 49.2 Å². The molecule has 0 saturated carbocycles. The van der Waals surface area contributed by atoms with Crippen molar-refractivity contribution < 1.29 is 33.5 Å².